The second kappa shape index (κ2) is 11.3. The SMILES string of the molecule is CCCc1ccc(OC(=O)C2CCC(CC(=O)c3ccc(OCC)c(F)c3O)CC2)cc1F. The Balaban J connectivity index is 1.52. The zero-order valence-electron chi connectivity index (χ0n) is 19.0. The summed E-state index contributed by atoms with van der Waals surface area (Å²) in [4.78, 5) is 25.1. The third-order valence-electron chi connectivity index (χ3n) is 6.10. The van der Waals surface area contributed by atoms with Crippen LogP contribution in [0.2, 0.25) is 0 Å². The number of phenols is 1. The van der Waals surface area contributed by atoms with Gasteiger partial charge in [0.05, 0.1) is 18.1 Å². The van der Waals surface area contributed by atoms with Gasteiger partial charge in [0.2, 0.25) is 5.82 Å². The molecule has 178 valence electrons. The quantitative estimate of drug-likeness (QED) is 0.282. The van der Waals surface area contributed by atoms with Gasteiger partial charge < -0.3 is 14.6 Å². The average molecular weight is 461 g/mol. The third-order valence-corrected chi connectivity index (χ3v) is 6.10. The number of Topliss-reactive ketones (excluding diaryl/α,β-unsaturated/α-hetero) is 1. The number of halogens is 2. The molecule has 1 saturated carbocycles. The van der Waals surface area contributed by atoms with Crippen molar-refractivity contribution in [2.24, 2.45) is 11.8 Å². The molecule has 0 radical (unpaired) electrons. The van der Waals surface area contributed by atoms with Gasteiger partial charge in [0.25, 0.3) is 0 Å². The second-order valence-corrected chi connectivity index (χ2v) is 8.48. The fraction of sp³-hybridized carbons (Fsp3) is 0.462. The van der Waals surface area contributed by atoms with E-state index in [2.05, 4.69) is 0 Å². The van der Waals surface area contributed by atoms with Gasteiger partial charge in [-0.2, -0.15) is 4.39 Å². The van der Waals surface area contributed by atoms with E-state index < -0.39 is 17.5 Å². The lowest BCUT2D eigenvalue weighted by Gasteiger charge is -2.27. The summed E-state index contributed by atoms with van der Waals surface area (Å²) in [6.45, 7) is 3.91. The summed E-state index contributed by atoms with van der Waals surface area (Å²) >= 11 is 0. The molecule has 0 spiro atoms. The van der Waals surface area contributed by atoms with Gasteiger partial charge in [0.1, 0.15) is 11.6 Å². The van der Waals surface area contributed by atoms with Gasteiger partial charge in [-0.25, -0.2) is 4.39 Å². The van der Waals surface area contributed by atoms with Gasteiger partial charge in [-0.15, -0.1) is 0 Å². The predicted octanol–water partition coefficient (Wildman–Crippen LogP) is 6.01. The molecule has 0 unspecified atom stereocenters. The van der Waals surface area contributed by atoms with E-state index in [0.29, 0.717) is 37.7 Å². The van der Waals surface area contributed by atoms with Crippen LogP contribution < -0.4 is 9.47 Å². The van der Waals surface area contributed by atoms with Gasteiger partial charge in [-0.05, 0) is 68.7 Å². The molecule has 1 aliphatic carbocycles. The summed E-state index contributed by atoms with van der Waals surface area (Å²) in [6, 6.07) is 7.22. The smallest absolute Gasteiger partial charge is 0.314 e. The monoisotopic (exact) mass is 460 g/mol. The Bertz CT molecular complexity index is 996. The zero-order chi connectivity index (χ0) is 24.0. The van der Waals surface area contributed by atoms with Crippen molar-refractivity contribution in [3.63, 3.8) is 0 Å². The van der Waals surface area contributed by atoms with E-state index in [1.807, 2.05) is 6.92 Å². The standard InChI is InChI=1S/C26H30F2O5/c1-3-5-17-10-11-19(15-21(17)27)33-26(31)18-8-6-16(7-9-18)14-22(29)20-12-13-23(32-4-2)24(28)25(20)30/h10-13,15-16,18,30H,3-9,14H2,1-2H3. The van der Waals surface area contributed by atoms with Crippen LogP contribution in [0.25, 0.3) is 0 Å². The van der Waals surface area contributed by atoms with Crippen molar-refractivity contribution in [1.82, 2.24) is 0 Å². The maximum absolute atomic E-state index is 14.2. The highest BCUT2D eigenvalue weighted by Gasteiger charge is 2.30. The predicted molar refractivity (Wildman–Crippen MR) is 120 cm³/mol. The Kier molecular flexibility index (Phi) is 8.42. The number of aromatic hydroxyl groups is 1. The second-order valence-electron chi connectivity index (χ2n) is 8.48. The van der Waals surface area contributed by atoms with Crippen molar-refractivity contribution in [2.45, 2.75) is 58.8 Å². The Morgan fingerprint density at radius 2 is 1.79 bits per heavy atom. The molecule has 0 aromatic heterocycles. The Labute approximate surface area is 192 Å². The first-order valence-corrected chi connectivity index (χ1v) is 11.5. The molecular formula is C26H30F2O5. The Morgan fingerprint density at radius 1 is 1.06 bits per heavy atom. The molecule has 1 fully saturated rings. The van der Waals surface area contributed by atoms with Crippen LogP contribution >= 0.6 is 0 Å². The largest absolute Gasteiger partial charge is 0.504 e. The lowest BCUT2D eigenvalue weighted by atomic mass is 9.79. The number of ketones is 1. The van der Waals surface area contributed by atoms with E-state index in [4.69, 9.17) is 9.47 Å². The van der Waals surface area contributed by atoms with Crippen molar-refractivity contribution in [1.29, 1.82) is 0 Å². The van der Waals surface area contributed by atoms with E-state index >= 15 is 0 Å². The Morgan fingerprint density at radius 3 is 2.42 bits per heavy atom. The van der Waals surface area contributed by atoms with Crippen molar-refractivity contribution < 1.29 is 33.0 Å². The average Bonchev–Trinajstić information content (AvgIpc) is 2.79. The van der Waals surface area contributed by atoms with Gasteiger partial charge >= 0.3 is 5.97 Å². The number of ether oxygens (including phenoxy) is 2. The first-order valence-electron chi connectivity index (χ1n) is 11.5. The highest BCUT2D eigenvalue weighted by molar-refractivity contribution is 5.99. The van der Waals surface area contributed by atoms with E-state index in [1.165, 1.54) is 18.2 Å². The molecule has 5 nitrogen and oxygen atoms in total. The van der Waals surface area contributed by atoms with Crippen LogP contribution in [0.5, 0.6) is 17.2 Å². The summed E-state index contributed by atoms with van der Waals surface area (Å²) in [6.07, 6.45) is 3.99. The highest BCUT2D eigenvalue weighted by atomic mass is 19.1. The maximum Gasteiger partial charge on any atom is 0.314 e. The molecule has 7 heteroatoms. The van der Waals surface area contributed by atoms with E-state index in [0.717, 1.165) is 6.42 Å². The van der Waals surface area contributed by atoms with Crippen molar-refractivity contribution in [3.8, 4) is 17.2 Å². The van der Waals surface area contributed by atoms with Crippen molar-refractivity contribution in [2.75, 3.05) is 6.61 Å². The molecule has 2 aromatic rings. The maximum atomic E-state index is 14.2. The molecule has 33 heavy (non-hydrogen) atoms. The van der Waals surface area contributed by atoms with Crippen molar-refractivity contribution >= 4 is 11.8 Å². The minimum Gasteiger partial charge on any atom is -0.504 e. The number of phenolic OH excluding ortho intramolecular Hbond substituents is 1. The van der Waals surface area contributed by atoms with Crippen LogP contribution in [0.3, 0.4) is 0 Å². The van der Waals surface area contributed by atoms with E-state index in [9.17, 15) is 23.5 Å². The number of benzene rings is 2. The van der Waals surface area contributed by atoms with Gasteiger partial charge in [-0.3, -0.25) is 9.59 Å². The molecule has 3 rings (SSSR count). The van der Waals surface area contributed by atoms with Crippen LogP contribution in [0, 0.1) is 23.5 Å². The molecule has 0 amide bonds. The first-order chi connectivity index (χ1) is 15.8. The van der Waals surface area contributed by atoms with Crippen molar-refractivity contribution in [3.05, 3.63) is 53.1 Å². The summed E-state index contributed by atoms with van der Waals surface area (Å²) < 4.78 is 38.7. The molecule has 2 aromatic carbocycles. The van der Waals surface area contributed by atoms with Crippen LogP contribution in [0.1, 0.15) is 68.3 Å². The van der Waals surface area contributed by atoms with Gasteiger partial charge in [-0.1, -0.05) is 19.4 Å². The Hall–Kier alpha value is -2.96. The lowest BCUT2D eigenvalue weighted by molar-refractivity contribution is -0.140. The fourth-order valence-corrected chi connectivity index (χ4v) is 4.28. The number of aryl methyl sites for hydroxylation is 1. The normalized spacial score (nSPS) is 18.1. The number of carbonyl (C=O) groups excluding carboxylic acids is 2. The summed E-state index contributed by atoms with van der Waals surface area (Å²) in [5.74, 6) is -2.93. The van der Waals surface area contributed by atoms with E-state index in [-0.39, 0.29) is 53.5 Å². The molecular weight excluding hydrogens is 430 g/mol. The fourth-order valence-electron chi connectivity index (χ4n) is 4.28. The summed E-state index contributed by atoms with van der Waals surface area (Å²) in [7, 11) is 0. The zero-order valence-corrected chi connectivity index (χ0v) is 19.0. The third kappa shape index (κ3) is 6.09. The summed E-state index contributed by atoms with van der Waals surface area (Å²) in [5, 5.41) is 10.1. The molecule has 0 bridgehead atoms. The molecule has 1 N–H and O–H groups in total. The minimum absolute atomic E-state index is 0.0290. The number of hydrogen-bond acceptors (Lipinski definition) is 5. The molecule has 0 heterocycles. The molecule has 0 saturated heterocycles. The number of rotatable bonds is 9. The topological polar surface area (TPSA) is 72.8 Å². The number of carbonyl (C=O) groups is 2. The van der Waals surface area contributed by atoms with Crippen LogP contribution in [-0.2, 0) is 11.2 Å². The van der Waals surface area contributed by atoms with E-state index in [1.54, 1.807) is 19.1 Å². The minimum atomic E-state index is -0.937. The highest BCUT2D eigenvalue weighted by Crippen LogP contribution is 2.35. The number of esters is 1. The lowest BCUT2D eigenvalue weighted by Crippen LogP contribution is -2.26. The summed E-state index contributed by atoms with van der Waals surface area (Å²) in [5.41, 5.74) is 0.534. The van der Waals surface area contributed by atoms with Crippen LogP contribution in [0.15, 0.2) is 30.3 Å². The molecule has 0 aliphatic heterocycles. The first kappa shape index (κ1) is 24.7. The van der Waals surface area contributed by atoms with Crippen LogP contribution in [0.4, 0.5) is 8.78 Å². The number of hydrogen-bond donors (Lipinski definition) is 1. The molecule has 1 aliphatic rings. The van der Waals surface area contributed by atoms with Crippen LogP contribution in [-0.4, -0.2) is 23.5 Å². The van der Waals surface area contributed by atoms with Gasteiger partial charge in [0, 0.05) is 12.5 Å². The molecule has 0 atom stereocenters. The van der Waals surface area contributed by atoms with Gasteiger partial charge in [0.15, 0.2) is 17.3 Å².